The number of carbonyl (C=O) groups is 1. The van der Waals surface area contributed by atoms with Gasteiger partial charge in [0.2, 0.25) is 15.9 Å². The average Bonchev–Trinajstić information content (AvgIpc) is 2.78. The third-order valence-corrected chi connectivity index (χ3v) is 4.54. The Balaban J connectivity index is 1.90. The Morgan fingerprint density at radius 2 is 2.05 bits per heavy atom. The standard InChI is InChI=1S/C14H24N4O3S/c1-14(2,17-22(3,20)21)9-15-13(19)8-18-10-16-11-6-4-5-7-12(11)18/h10,17H,4-9H2,1-3H3,(H,15,19). The van der Waals surface area contributed by atoms with Crippen molar-refractivity contribution in [3.8, 4) is 0 Å². The van der Waals surface area contributed by atoms with Crippen LogP contribution in [0.15, 0.2) is 6.33 Å². The number of fused-ring (bicyclic) bond motifs is 1. The molecular weight excluding hydrogens is 304 g/mol. The quantitative estimate of drug-likeness (QED) is 0.780. The molecule has 1 amide bonds. The molecule has 0 spiro atoms. The third-order valence-electron chi connectivity index (χ3n) is 3.61. The van der Waals surface area contributed by atoms with E-state index in [9.17, 15) is 13.2 Å². The lowest BCUT2D eigenvalue weighted by atomic mass is 10.0. The minimum absolute atomic E-state index is 0.144. The Kier molecular flexibility index (Phi) is 4.91. The first-order chi connectivity index (χ1) is 10.2. The molecule has 1 aromatic rings. The molecule has 0 unspecified atom stereocenters. The first-order valence-corrected chi connectivity index (χ1v) is 9.34. The van der Waals surface area contributed by atoms with Crippen molar-refractivity contribution in [1.29, 1.82) is 0 Å². The zero-order valence-electron chi connectivity index (χ0n) is 13.3. The van der Waals surface area contributed by atoms with E-state index in [2.05, 4.69) is 15.0 Å². The fraction of sp³-hybridized carbons (Fsp3) is 0.714. The van der Waals surface area contributed by atoms with Gasteiger partial charge in [-0.05, 0) is 39.5 Å². The molecule has 0 bridgehead atoms. The van der Waals surface area contributed by atoms with Crippen LogP contribution in [0.1, 0.15) is 38.1 Å². The summed E-state index contributed by atoms with van der Waals surface area (Å²) in [6.07, 6.45) is 7.05. The van der Waals surface area contributed by atoms with E-state index in [1.54, 1.807) is 20.2 Å². The summed E-state index contributed by atoms with van der Waals surface area (Å²) in [5.74, 6) is -0.144. The molecular formula is C14H24N4O3S. The number of nitrogens with zero attached hydrogens (tertiary/aromatic N) is 2. The van der Waals surface area contributed by atoms with Gasteiger partial charge in [-0.15, -0.1) is 0 Å². The molecule has 1 aliphatic rings. The Morgan fingerprint density at radius 3 is 2.73 bits per heavy atom. The number of aryl methyl sites for hydroxylation is 1. The van der Waals surface area contributed by atoms with Crippen molar-refractivity contribution in [2.45, 2.75) is 51.6 Å². The molecule has 0 saturated heterocycles. The Morgan fingerprint density at radius 1 is 1.36 bits per heavy atom. The molecule has 0 aromatic carbocycles. The predicted molar refractivity (Wildman–Crippen MR) is 83.9 cm³/mol. The number of aromatic nitrogens is 2. The van der Waals surface area contributed by atoms with E-state index in [0.29, 0.717) is 0 Å². The molecule has 7 nitrogen and oxygen atoms in total. The maximum atomic E-state index is 12.1. The van der Waals surface area contributed by atoms with Gasteiger partial charge in [-0.1, -0.05) is 0 Å². The minimum Gasteiger partial charge on any atom is -0.353 e. The van der Waals surface area contributed by atoms with Crippen molar-refractivity contribution in [3.05, 3.63) is 17.7 Å². The maximum absolute atomic E-state index is 12.1. The van der Waals surface area contributed by atoms with Gasteiger partial charge in [-0.2, -0.15) is 0 Å². The second-order valence-corrected chi connectivity index (χ2v) is 8.26. The number of carbonyl (C=O) groups excluding carboxylic acids is 1. The summed E-state index contributed by atoms with van der Waals surface area (Å²) in [4.78, 5) is 16.4. The zero-order chi connectivity index (χ0) is 16.4. The second-order valence-electron chi connectivity index (χ2n) is 6.51. The molecule has 2 rings (SSSR count). The van der Waals surface area contributed by atoms with E-state index in [1.165, 1.54) is 0 Å². The monoisotopic (exact) mass is 328 g/mol. The number of nitrogens with one attached hydrogen (secondary N) is 2. The van der Waals surface area contributed by atoms with Crippen LogP contribution in [0.2, 0.25) is 0 Å². The van der Waals surface area contributed by atoms with E-state index >= 15 is 0 Å². The van der Waals surface area contributed by atoms with Crippen molar-refractivity contribution in [2.75, 3.05) is 12.8 Å². The normalized spacial score (nSPS) is 15.4. The van der Waals surface area contributed by atoms with Crippen molar-refractivity contribution in [1.82, 2.24) is 19.6 Å². The highest BCUT2D eigenvalue weighted by Crippen LogP contribution is 2.19. The minimum atomic E-state index is -3.31. The Bertz CT molecular complexity index is 649. The van der Waals surface area contributed by atoms with Crippen molar-refractivity contribution >= 4 is 15.9 Å². The molecule has 22 heavy (non-hydrogen) atoms. The van der Waals surface area contributed by atoms with Crippen LogP contribution in [0.3, 0.4) is 0 Å². The molecule has 0 saturated carbocycles. The molecule has 2 N–H and O–H groups in total. The summed E-state index contributed by atoms with van der Waals surface area (Å²) in [5, 5.41) is 2.78. The van der Waals surface area contributed by atoms with Crippen LogP contribution in [0.5, 0.6) is 0 Å². The van der Waals surface area contributed by atoms with Crippen LogP contribution in [0, 0.1) is 0 Å². The maximum Gasteiger partial charge on any atom is 0.240 e. The smallest absolute Gasteiger partial charge is 0.240 e. The highest BCUT2D eigenvalue weighted by molar-refractivity contribution is 7.88. The van der Waals surface area contributed by atoms with Crippen LogP contribution in [-0.2, 0) is 34.2 Å². The molecule has 1 aliphatic carbocycles. The van der Waals surface area contributed by atoms with Gasteiger partial charge < -0.3 is 9.88 Å². The van der Waals surface area contributed by atoms with Gasteiger partial charge in [0, 0.05) is 17.8 Å². The van der Waals surface area contributed by atoms with Crippen LogP contribution in [0.25, 0.3) is 0 Å². The van der Waals surface area contributed by atoms with Crippen molar-refractivity contribution in [3.63, 3.8) is 0 Å². The van der Waals surface area contributed by atoms with E-state index in [-0.39, 0.29) is 19.0 Å². The van der Waals surface area contributed by atoms with E-state index in [0.717, 1.165) is 43.3 Å². The number of hydrogen-bond acceptors (Lipinski definition) is 4. The van der Waals surface area contributed by atoms with E-state index < -0.39 is 15.6 Å². The predicted octanol–water partition coefficient (Wildman–Crippen LogP) is 0.206. The molecule has 0 atom stereocenters. The van der Waals surface area contributed by atoms with Crippen LogP contribution >= 0.6 is 0 Å². The summed E-state index contributed by atoms with van der Waals surface area (Å²) in [7, 11) is -3.31. The molecule has 0 aliphatic heterocycles. The van der Waals surface area contributed by atoms with Gasteiger partial charge in [0.05, 0.1) is 18.3 Å². The van der Waals surface area contributed by atoms with Gasteiger partial charge in [0.1, 0.15) is 6.54 Å². The number of amides is 1. The Labute approximate surface area is 131 Å². The molecule has 1 aromatic heterocycles. The fourth-order valence-electron chi connectivity index (χ4n) is 2.74. The Hall–Kier alpha value is -1.41. The lowest BCUT2D eigenvalue weighted by Crippen LogP contribution is -2.51. The molecule has 124 valence electrons. The van der Waals surface area contributed by atoms with Crippen LogP contribution in [0.4, 0.5) is 0 Å². The first kappa shape index (κ1) is 17.0. The van der Waals surface area contributed by atoms with Crippen LogP contribution < -0.4 is 10.0 Å². The molecule has 1 heterocycles. The van der Waals surface area contributed by atoms with Gasteiger partial charge in [0.15, 0.2) is 0 Å². The van der Waals surface area contributed by atoms with Gasteiger partial charge in [-0.25, -0.2) is 18.1 Å². The highest BCUT2D eigenvalue weighted by atomic mass is 32.2. The number of sulfonamides is 1. The highest BCUT2D eigenvalue weighted by Gasteiger charge is 2.23. The number of hydrogen-bond donors (Lipinski definition) is 2. The molecule has 0 radical (unpaired) electrons. The lowest BCUT2D eigenvalue weighted by molar-refractivity contribution is -0.121. The average molecular weight is 328 g/mol. The van der Waals surface area contributed by atoms with E-state index in [1.807, 2.05) is 4.57 Å². The van der Waals surface area contributed by atoms with Gasteiger partial charge >= 0.3 is 0 Å². The third kappa shape index (κ3) is 4.81. The molecule has 8 heteroatoms. The largest absolute Gasteiger partial charge is 0.353 e. The zero-order valence-corrected chi connectivity index (χ0v) is 14.2. The van der Waals surface area contributed by atoms with Gasteiger partial charge in [0.25, 0.3) is 0 Å². The SMILES string of the molecule is CC(C)(CNC(=O)Cn1cnc2c1CCCC2)NS(C)(=O)=O. The number of imidazole rings is 1. The van der Waals surface area contributed by atoms with Crippen LogP contribution in [-0.4, -0.2) is 42.2 Å². The first-order valence-electron chi connectivity index (χ1n) is 7.45. The summed E-state index contributed by atoms with van der Waals surface area (Å²) in [6.45, 7) is 3.91. The summed E-state index contributed by atoms with van der Waals surface area (Å²) in [5.41, 5.74) is 1.52. The van der Waals surface area contributed by atoms with Gasteiger partial charge in [-0.3, -0.25) is 4.79 Å². The van der Waals surface area contributed by atoms with E-state index in [4.69, 9.17) is 0 Å². The summed E-state index contributed by atoms with van der Waals surface area (Å²) < 4.78 is 26.9. The van der Waals surface area contributed by atoms with Crippen molar-refractivity contribution in [2.24, 2.45) is 0 Å². The lowest BCUT2D eigenvalue weighted by Gasteiger charge is -2.25. The fourth-order valence-corrected chi connectivity index (χ4v) is 3.81. The topological polar surface area (TPSA) is 93.1 Å². The summed E-state index contributed by atoms with van der Waals surface area (Å²) >= 11 is 0. The molecule has 0 fully saturated rings. The second kappa shape index (κ2) is 6.37. The van der Waals surface area contributed by atoms with Crippen molar-refractivity contribution < 1.29 is 13.2 Å². The number of rotatable bonds is 6. The summed E-state index contributed by atoms with van der Waals surface area (Å²) in [6, 6.07) is 0.